The van der Waals surface area contributed by atoms with Crippen molar-refractivity contribution in [1.82, 2.24) is 5.43 Å². The summed E-state index contributed by atoms with van der Waals surface area (Å²) in [7, 11) is 0. The number of amides is 1. The predicted octanol–water partition coefficient (Wildman–Crippen LogP) is 2.50. The highest BCUT2D eigenvalue weighted by Gasteiger charge is 2.09. The van der Waals surface area contributed by atoms with Gasteiger partial charge < -0.3 is 5.11 Å². The fraction of sp³-hybridized carbons (Fsp3) is 0.0667. The van der Waals surface area contributed by atoms with Gasteiger partial charge in [0.1, 0.15) is 23.2 Å². The van der Waals surface area contributed by atoms with Crippen molar-refractivity contribution in [3.63, 3.8) is 0 Å². The van der Waals surface area contributed by atoms with Crippen LogP contribution in [0.4, 0.5) is 13.2 Å². The molecule has 2 rings (SSSR count). The Bertz CT molecular complexity index is 709. The van der Waals surface area contributed by atoms with E-state index in [0.717, 1.165) is 6.21 Å². The van der Waals surface area contributed by atoms with E-state index >= 15 is 0 Å². The summed E-state index contributed by atoms with van der Waals surface area (Å²) < 4.78 is 39.3. The van der Waals surface area contributed by atoms with E-state index in [-0.39, 0.29) is 12.2 Å². The minimum atomic E-state index is -1.12. The van der Waals surface area contributed by atoms with Crippen molar-refractivity contribution in [3.05, 3.63) is 65.0 Å². The molecule has 0 spiro atoms. The number of aromatic hydroxyl groups is 1. The number of hydrogen-bond donors (Lipinski definition) is 2. The third-order valence-corrected chi connectivity index (χ3v) is 2.70. The number of rotatable bonds is 4. The zero-order chi connectivity index (χ0) is 16.1. The Kier molecular flexibility index (Phi) is 4.77. The molecule has 0 bridgehead atoms. The number of carbonyl (C=O) groups is 1. The largest absolute Gasteiger partial charge is 0.508 e. The first-order valence-electron chi connectivity index (χ1n) is 6.20. The number of benzene rings is 2. The molecule has 0 radical (unpaired) electrons. The molecule has 7 heteroatoms. The van der Waals surface area contributed by atoms with Crippen LogP contribution >= 0.6 is 0 Å². The van der Waals surface area contributed by atoms with Gasteiger partial charge in [0, 0.05) is 12.1 Å². The van der Waals surface area contributed by atoms with E-state index in [4.69, 9.17) is 0 Å². The van der Waals surface area contributed by atoms with Gasteiger partial charge in [-0.05, 0) is 17.7 Å². The molecule has 0 atom stereocenters. The van der Waals surface area contributed by atoms with E-state index in [1.165, 1.54) is 12.1 Å². The van der Waals surface area contributed by atoms with Crippen LogP contribution in [0.1, 0.15) is 11.1 Å². The summed E-state index contributed by atoms with van der Waals surface area (Å²) in [6, 6.07) is 7.09. The third-order valence-electron chi connectivity index (χ3n) is 2.70. The fourth-order valence-electron chi connectivity index (χ4n) is 1.74. The topological polar surface area (TPSA) is 61.7 Å². The summed E-state index contributed by atoms with van der Waals surface area (Å²) in [5.41, 5.74) is 2.08. The monoisotopic (exact) mass is 308 g/mol. The van der Waals surface area contributed by atoms with E-state index in [2.05, 4.69) is 10.5 Å². The molecule has 2 aromatic rings. The number of phenols is 1. The van der Waals surface area contributed by atoms with Gasteiger partial charge in [-0.2, -0.15) is 5.10 Å². The Labute approximate surface area is 123 Å². The van der Waals surface area contributed by atoms with Gasteiger partial charge in [-0.15, -0.1) is 0 Å². The lowest BCUT2D eigenvalue weighted by atomic mass is 10.1. The second-order valence-corrected chi connectivity index (χ2v) is 4.42. The minimum absolute atomic E-state index is 0.0178. The highest BCUT2D eigenvalue weighted by atomic mass is 19.1. The zero-order valence-corrected chi connectivity index (χ0v) is 11.2. The lowest BCUT2D eigenvalue weighted by molar-refractivity contribution is -0.120. The maximum atomic E-state index is 13.3. The van der Waals surface area contributed by atoms with Crippen LogP contribution in [0.15, 0.2) is 41.5 Å². The lowest BCUT2D eigenvalue weighted by Crippen LogP contribution is -2.20. The predicted molar refractivity (Wildman–Crippen MR) is 73.9 cm³/mol. The van der Waals surface area contributed by atoms with E-state index in [1.54, 1.807) is 12.1 Å². The van der Waals surface area contributed by atoms with Crippen molar-refractivity contribution in [2.45, 2.75) is 6.42 Å². The number of nitrogens with one attached hydrogen (secondary N) is 1. The maximum absolute atomic E-state index is 13.3. The first-order valence-corrected chi connectivity index (χ1v) is 6.20. The third kappa shape index (κ3) is 4.08. The minimum Gasteiger partial charge on any atom is -0.508 e. The number of halogens is 3. The van der Waals surface area contributed by atoms with Gasteiger partial charge in [-0.3, -0.25) is 4.79 Å². The Hall–Kier alpha value is -2.83. The van der Waals surface area contributed by atoms with Crippen molar-refractivity contribution in [2.75, 3.05) is 0 Å². The van der Waals surface area contributed by atoms with Crippen molar-refractivity contribution in [2.24, 2.45) is 5.10 Å². The van der Waals surface area contributed by atoms with Crippen LogP contribution < -0.4 is 5.43 Å². The molecule has 0 saturated heterocycles. The molecule has 0 unspecified atom stereocenters. The summed E-state index contributed by atoms with van der Waals surface area (Å²) >= 11 is 0. The van der Waals surface area contributed by atoms with E-state index in [0.29, 0.717) is 17.7 Å². The molecule has 0 fully saturated rings. The average molecular weight is 308 g/mol. The SMILES string of the molecule is O=C(Cc1cccc(O)c1)NN=Cc1c(F)cc(F)cc1F. The van der Waals surface area contributed by atoms with Crippen LogP contribution in [-0.4, -0.2) is 17.2 Å². The zero-order valence-electron chi connectivity index (χ0n) is 11.2. The summed E-state index contributed by atoms with van der Waals surface area (Å²) in [6.07, 6.45) is 0.685. The first-order chi connectivity index (χ1) is 10.5. The molecule has 0 heterocycles. The molecule has 0 aromatic heterocycles. The number of phenolic OH excluding ortho intramolecular Hbond substituents is 1. The number of carbonyl (C=O) groups excluding carboxylic acids is 1. The van der Waals surface area contributed by atoms with Crippen LogP contribution in [0.5, 0.6) is 5.75 Å². The maximum Gasteiger partial charge on any atom is 0.244 e. The average Bonchev–Trinajstić information content (AvgIpc) is 2.41. The van der Waals surface area contributed by atoms with Gasteiger partial charge in [0.2, 0.25) is 5.91 Å². The molecule has 0 aliphatic rings. The van der Waals surface area contributed by atoms with Gasteiger partial charge in [-0.25, -0.2) is 18.6 Å². The van der Waals surface area contributed by atoms with Gasteiger partial charge in [0.05, 0.1) is 18.2 Å². The van der Waals surface area contributed by atoms with Gasteiger partial charge in [-0.1, -0.05) is 12.1 Å². The number of hydrazone groups is 1. The fourth-order valence-corrected chi connectivity index (χ4v) is 1.74. The van der Waals surface area contributed by atoms with Gasteiger partial charge in [0.25, 0.3) is 0 Å². The number of nitrogens with zero attached hydrogens (tertiary/aromatic N) is 1. The molecule has 22 heavy (non-hydrogen) atoms. The van der Waals surface area contributed by atoms with E-state index < -0.39 is 28.9 Å². The van der Waals surface area contributed by atoms with Gasteiger partial charge in [0.15, 0.2) is 0 Å². The molecular weight excluding hydrogens is 297 g/mol. The second kappa shape index (κ2) is 6.75. The molecule has 114 valence electrons. The first kappa shape index (κ1) is 15.6. The van der Waals surface area contributed by atoms with Crippen molar-refractivity contribution >= 4 is 12.1 Å². The summed E-state index contributed by atoms with van der Waals surface area (Å²) in [6.45, 7) is 0. The highest BCUT2D eigenvalue weighted by Crippen LogP contribution is 2.13. The molecular formula is C15H11F3N2O2. The van der Waals surface area contributed by atoms with Crippen LogP contribution in [0.2, 0.25) is 0 Å². The molecule has 4 nitrogen and oxygen atoms in total. The van der Waals surface area contributed by atoms with Crippen LogP contribution in [0.3, 0.4) is 0 Å². The Morgan fingerprint density at radius 2 is 1.86 bits per heavy atom. The standard InChI is InChI=1S/C15H11F3N2O2/c16-10-6-13(17)12(14(18)7-10)8-19-20-15(22)5-9-2-1-3-11(21)4-9/h1-4,6-8,21H,5H2,(H,20,22). The molecule has 2 N–H and O–H groups in total. The van der Waals surface area contributed by atoms with Crippen LogP contribution in [0, 0.1) is 17.5 Å². The van der Waals surface area contributed by atoms with Crippen molar-refractivity contribution in [1.29, 1.82) is 0 Å². The summed E-state index contributed by atoms with van der Waals surface area (Å²) in [5, 5.41) is 12.7. The van der Waals surface area contributed by atoms with Crippen molar-refractivity contribution in [3.8, 4) is 5.75 Å². The van der Waals surface area contributed by atoms with E-state index in [1.807, 2.05) is 0 Å². The molecule has 0 saturated carbocycles. The smallest absolute Gasteiger partial charge is 0.244 e. The molecule has 2 aromatic carbocycles. The molecule has 0 aliphatic carbocycles. The Balaban J connectivity index is 1.99. The molecule has 0 aliphatic heterocycles. The Morgan fingerprint density at radius 1 is 1.18 bits per heavy atom. The van der Waals surface area contributed by atoms with Crippen LogP contribution in [0.25, 0.3) is 0 Å². The lowest BCUT2D eigenvalue weighted by Gasteiger charge is -2.02. The number of hydrogen-bond acceptors (Lipinski definition) is 3. The summed E-state index contributed by atoms with van der Waals surface area (Å²) in [4.78, 5) is 11.6. The Morgan fingerprint density at radius 3 is 2.50 bits per heavy atom. The quantitative estimate of drug-likeness (QED) is 0.673. The second-order valence-electron chi connectivity index (χ2n) is 4.42. The normalized spacial score (nSPS) is 10.9. The van der Waals surface area contributed by atoms with Crippen LogP contribution in [-0.2, 0) is 11.2 Å². The van der Waals surface area contributed by atoms with Crippen molar-refractivity contribution < 1.29 is 23.1 Å². The highest BCUT2D eigenvalue weighted by molar-refractivity contribution is 5.83. The van der Waals surface area contributed by atoms with Gasteiger partial charge >= 0.3 is 0 Å². The summed E-state index contributed by atoms with van der Waals surface area (Å²) in [5.74, 6) is -3.80. The molecule has 1 amide bonds. The van der Waals surface area contributed by atoms with E-state index in [9.17, 15) is 23.1 Å².